The first-order chi connectivity index (χ1) is 10.1. The van der Waals surface area contributed by atoms with Gasteiger partial charge in [0.25, 0.3) is 0 Å². The molecule has 1 aromatic carbocycles. The summed E-state index contributed by atoms with van der Waals surface area (Å²) >= 11 is 0. The van der Waals surface area contributed by atoms with E-state index in [0.717, 1.165) is 16.5 Å². The lowest BCUT2D eigenvalue weighted by Crippen LogP contribution is -2.25. The van der Waals surface area contributed by atoms with Crippen molar-refractivity contribution in [1.29, 1.82) is 0 Å². The van der Waals surface area contributed by atoms with Crippen molar-refractivity contribution in [3.05, 3.63) is 30.5 Å². The number of aliphatic carboxylic acids is 1. The highest BCUT2D eigenvalue weighted by molar-refractivity contribution is 5.92. The molecule has 1 aromatic heterocycles. The Morgan fingerprint density at radius 2 is 2.19 bits per heavy atom. The smallest absolute Gasteiger partial charge is 0.306 e. The number of hydrogen-bond acceptors (Lipinski definition) is 5. The highest BCUT2D eigenvalue weighted by Crippen LogP contribution is 2.25. The average Bonchev–Trinajstić information content (AvgIpc) is 2.50. The van der Waals surface area contributed by atoms with E-state index in [2.05, 4.69) is 10.3 Å². The minimum Gasteiger partial charge on any atom is -0.497 e. The fraction of sp³-hybridized carbons (Fsp3) is 0.333. The van der Waals surface area contributed by atoms with Crippen LogP contribution in [0.4, 0.5) is 5.82 Å². The van der Waals surface area contributed by atoms with Gasteiger partial charge < -0.3 is 19.9 Å². The number of carbonyl (C=O) groups is 1. The number of anilines is 1. The largest absolute Gasteiger partial charge is 0.497 e. The fourth-order valence-corrected chi connectivity index (χ4v) is 2.07. The lowest BCUT2D eigenvalue weighted by Gasteiger charge is -2.15. The van der Waals surface area contributed by atoms with Crippen molar-refractivity contribution in [2.75, 3.05) is 26.1 Å². The van der Waals surface area contributed by atoms with Crippen LogP contribution in [0.5, 0.6) is 5.75 Å². The number of hydrogen-bond donors (Lipinski definition) is 2. The molecule has 2 aromatic rings. The van der Waals surface area contributed by atoms with E-state index < -0.39 is 12.1 Å². The zero-order chi connectivity index (χ0) is 15.2. The maximum atomic E-state index is 10.7. The minimum atomic E-state index is -0.890. The third kappa shape index (κ3) is 3.82. The number of carboxylic acid groups (broad SMARTS) is 1. The molecule has 0 aliphatic rings. The number of rotatable bonds is 7. The van der Waals surface area contributed by atoms with E-state index in [1.807, 2.05) is 24.3 Å². The predicted molar refractivity (Wildman–Crippen MR) is 79.8 cm³/mol. The van der Waals surface area contributed by atoms with Gasteiger partial charge in [0, 0.05) is 25.2 Å². The van der Waals surface area contributed by atoms with Gasteiger partial charge in [0.1, 0.15) is 11.6 Å². The molecule has 0 spiro atoms. The van der Waals surface area contributed by atoms with E-state index >= 15 is 0 Å². The van der Waals surface area contributed by atoms with E-state index in [0.29, 0.717) is 12.4 Å². The zero-order valence-corrected chi connectivity index (χ0v) is 12.0. The third-order valence-corrected chi connectivity index (χ3v) is 3.20. The summed E-state index contributed by atoms with van der Waals surface area (Å²) in [6.45, 7) is 0.376. The molecule has 0 radical (unpaired) electrons. The quantitative estimate of drug-likeness (QED) is 0.813. The summed E-state index contributed by atoms with van der Waals surface area (Å²) in [5, 5.41) is 13.9. The van der Waals surface area contributed by atoms with E-state index in [4.69, 9.17) is 14.6 Å². The summed E-state index contributed by atoms with van der Waals surface area (Å²) < 4.78 is 10.3. The molecule has 112 valence electrons. The Bertz CT molecular complexity index is 630. The molecule has 2 N–H and O–H groups in total. The molecule has 0 saturated carbocycles. The first kappa shape index (κ1) is 15.1. The average molecular weight is 290 g/mol. The first-order valence-electron chi connectivity index (χ1n) is 6.55. The number of nitrogens with zero attached hydrogens (tertiary/aromatic N) is 1. The van der Waals surface area contributed by atoms with Crippen LogP contribution in [0, 0.1) is 0 Å². The van der Waals surface area contributed by atoms with Crippen LogP contribution in [0.3, 0.4) is 0 Å². The molecule has 0 bridgehead atoms. The lowest BCUT2D eigenvalue weighted by atomic mass is 10.1. The highest BCUT2D eigenvalue weighted by Gasteiger charge is 2.13. The van der Waals surface area contributed by atoms with Crippen molar-refractivity contribution < 1.29 is 19.4 Å². The second-order valence-corrected chi connectivity index (χ2v) is 4.58. The summed E-state index contributed by atoms with van der Waals surface area (Å²) in [6, 6.07) is 7.60. The number of benzene rings is 1. The molecule has 6 heteroatoms. The summed E-state index contributed by atoms with van der Waals surface area (Å²) in [5.74, 6) is 0.585. The van der Waals surface area contributed by atoms with Gasteiger partial charge in [-0.05, 0) is 29.7 Å². The molecule has 0 fully saturated rings. The number of ether oxygens (including phenoxy) is 2. The number of fused-ring (bicyclic) bond motifs is 1. The van der Waals surface area contributed by atoms with Gasteiger partial charge in [-0.1, -0.05) is 0 Å². The van der Waals surface area contributed by atoms with E-state index in [9.17, 15) is 4.79 Å². The van der Waals surface area contributed by atoms with Gasteiger partial charge in [0.15, 0.2) is 0 Å². The van der Waals surface area contributed by atoms with Crippen LogP contribution in [0.1, 0.15) is 6.42 Å². The molecule has 1 atom stereocenters. The summed E-state index contributed by atoms with van der Waals surface area (Å²) in [4.78, 5) is 15.0. The molecular formula is C15H18N2O4. The van der Waals surface area contributed by atoms with Crippen LogP contribution in [0.25, 0.3) is 10.8 Å². The van der Waals surface area contributed by atoms with Crippen molar-refractivity contribution in [2.45, 2.75) is 12.5 Å². The molecule has 0 saturated heterocycles. The standard InChI is InChI=1S/C15H18N2O4/c1-20-11-3-4-13-10(7-11)5-6-16-15(13)17-9-12(21-2)8-14(18)19/h3-7,12H,8-9H2,1-2H3,(H,16,17)(H,18,19). The van der Waals surface area contributed by atoms with Crippen molar-refractivity contribution in [1.82, 2.24) is 4.98 Å². The zero-order valence-electron chi connectivity index (χ0n) is 12.0. The van der Waals surface area contributed by atoms with Crippen LogP contribution in [0.2, 0.25) is 0 Å². The van der Waals surface area contributed by atoms with Gasteiger partial charge >= 0.3 is 5.97 Å². The number of nitrogens with one attached hydrogen (secondary N) is 1. The number of methoxy groups -OCH3 is 2. The summed E-state index contributed by atoms with van der Waals surface area (Å²) in [6.07, 6.45) is 1.24. The van der Waals surface area contributed by atoms with Gasteiger partial charge in [-0.25, -0.2) is 4.98 Å². The van der Waals surface area contributed by atoms with Crippen molar-refractivity contribution in [2.24, 2.45) is 0 Å². The van der Waals surface area contributed by atoms with Gasteiger partial charge in [-0.2, -0.15) is 0 Å². The van der Waals surface area contributed by atoms with Crippen molar-refractivity contribution in [3.63, 3.8) is 0 Å². The van der Waals surface area contributed by atoms with Gasteiger partial charge in [-0.3, -0.25) is 4.79 Å². The monoisotopic (exact) mass is 290 g/mol. The maximum absolute atomic E-state index is 10.7. The SMILES string of the molecule is COc1ccc2c(NCC(CC(=O)O)OC)nccc2c1. The molecular weight excluding hydrogens is 272 g/mol. The summed E-state index contributed by atoms with van der Waals surface area (Å²) in [7, 11) is 3.12. The van der Waals surface area contributed by atoms with Crippen LogP contribution in [-0.4, -0.2) is 42.9 Å². The Morgan fingerprint density at radius 3 is 2.86 bits per heavy atom. The molecule has 1 heterocycles. The third-order valence-electron chi connectivity index (χ3n) is 3.20. The van der Waals surface area contributed by atoms with Crippen LogP contribution < -0.4 is 10.1 Å². The second-order valence-electron chi connectivity index (χ2n) is 4.58. The maximum Gasteiger partial charge on any atom is 0.306 e. The van der Waals surface area contributed by atoms with E-state index in [1.54, 1.807) is 13.3 Å². The van der Waals surface area contributed by atoms with Gasteiger partial charge in [0.05, 0.1) is 19.6 Å². The summed E-state index contributed by atoms with van der Waals surface area (Å²) in [5.41, 5.74) is 0. The molecule has 0 amide bonds. The Labute approximate surface area is 122 Å². The second kappa shape index (κ2) is 6.90. The van der Waals surface area contributed by atoms with E-state index in [1.165, 1.54) is 7.11 Å². The van der Waals surface area contributed by atoms with Gasteiger partial charge in [0.2, 0.25) is 0 Å². The Morgan fingerprint density at radius 1 is 1.38 bits per heavy atom. The number of aromatic nitrogens is 1. The van der Waals surface area contributed by atoms with Gasteiger partial charge in [-0.15, -0.1) is 0 Å². The Kier molecular flexibility index (Phi) is 4.94. The van der Waals surface area contributed by atoms with Crippen molar-refractivity contribution in [3.8, 4) is 5.75 Å². The molecule has 0 aliphatic heterocycles. The Hall–Kier alpha value is -2.34. The fourth-order valence-electron chi connectivity index (χ4n) is 2.07. The first-order valence-corrected chi connectivity index (χ1v) is 6.55. The van der Waals surface area contributed by atoms with Crippen LogP contribution >= 0.6 is 0 Å². The van der Waals surface area contributed by atoms with Crippen molar-refractivity contribution >= 4 is 22.6 Å². The highest BCUT2D eigenvalue weighted by atomic mass is 16.5. The molecule has 6 nitrogen and oxygen atoms in total. The van der Waals surface area contributed by atoms with Crippen LogP contribution in [0.15, 0.2) is 30.5 Å². The molecule has 21 heavy (non-hydrogen) atoms. The molecule has 1 unspecified atom stereocenters. The molecule has 0 aliphatic carbocycles. The normalized spacial score (nSPS) is 12.1. The Balaban J connectivity index is 2.16. The van der Waals surface area contributed by atoms with Crippen LogP contribution in [-0.2, 0) is 9.53 Å². The minimum absolute atomic E-state index is 0.0535. The predicted octanol–water partition coefficient (Wildman–Crippen LogP) is 2.14. The molecule has 2 rings (SSSR count). The lowest BCUT2D eigenvalue weighted by molar-refractivity contribution is -0.139. The number of pyridine rings is 1. The topological polar surface area (TPSA) is 80.7 Å². The van der Waals surface area contributed by atoms with E-state index in [-0.39, 0.29) is 6.42 Å². The number of carboxylic acids is 1.